The molecule has 0 radical (unpaired) electrons. The molecule has 0 saturated heterocycles. The van der Waals surface area contributed by atoms with Gasteiger partial charge in [-0.15, -0.1) is 0 Å². The lowest BCUT2D eigenvalue weighted by Gasteiger charge is -2.29. The van der Waals surface area contributed by atoms with Crippen molar-refractivity contribution in [2.45, 2.75) is 19.4 Å². The molecule has 9 nitrogen and oxygen atoms in total. The first-order valence-corrected chi connectivity index (χ1v) is 12.3. The third-order valence-electron chi connectivity index (χ3n) is 5.75. The lowest BCUT2D eigenvalue weighted by molar-refractivity contribution is 0.0970. The van der Waals surface area contributed by atoms with E-state index in [1.165, 1.54) is 27.7 Å². The Morgan fingerprint density at radius 2 is 1.91 bits per heavy atom. The second-order valence-corrected chi connectivity index (χ2v) is 9.92. The van der Waals surface area contributed by atoms with E-state index in [0.29, 0.717) is 41.7 Å². The molecule has 33 heavy (non-hydrogen) atoms. The highest BCUT2D eigenvalue weighted by Crippen LogP contribution is 2.30. The quantitative estimate of drug-likeness (QED) is 0.420. The molecule has 0 N–H and O–H groups in total. The average molecular weight is 464 g/mol. The maximum Gasteiger partial charge on any atom is 0.264 e. The first-order valence-electron chi connectivity index (χ1n) is 10.5. The molecule has 3 heterocycles. The van der Waals surface area contributed by atoms with E-state index in [1.807, 2.05) is 30.3 Å². The number of rotatable bonds is 5. The Morgan fingerprint density at radius 3 is 2.67 bits per heavy atom. The minimum Gasteiger partial charge on any atom is -0.292 e. The van der Waals surface area contributed by atoms with Crippen LogP contribution in [0.5, 0.6) is 0 Å². The number of ketones is 1. The first-order chi connectivity index (χ1) is 15.8. The first kappa shape index (κ1) is 21.1. The van der Waals surface area contributed by atoms with Crippen molar-refractivity contribution in [2.75, 3.05) is 17.1 Å². The molecule has 2 aromatic heterocycles. The number of sulfonamides is 1. The van der Waals surface area contributed by atoms with Gasteiger partial charge in [-0.1, -0.05) is 18.2 Å². The maximum atomic E-state index is 13.0. The zero-order valence-electron chi connectivity index (χ0n) is 17.9. The molecule has 0 unspecified atom stereocenters. The number of Topliss-reactive ketones (excluding diaryl/α,β-unsaturated/α-hetero) is 1. The Balaban J connectivity index is 1.44. The minimum absolute atomic E-state index is 0.174. The van der Waals surface area contributed by atoms with Crippen LogP contribution in [-0.4, -0.2) is 46.3 Å². The van der Waals surface area contributed by atoms with Crippen molar-refractivity contribution in [3.05, 3.63) is 82.5 Å². The van der Waals surface area contributed by atoms with Gasteiger partial charge in [0, 0.05) is 12.1 Å². The third-order valence-corrected chi connectivity index (χ3v) is 6.93. The van der Waals surface area contributed by atoms with Gasteiger partial charge >= 0.3 is 0 Å². The standard InChI is InChI=1S/C23H21N5O4S/c1-33(31,32)27-11-5-6-16-12-17(9-10-20(16)27)21(29)14-26-15-24-22-19(23(26)30)13-25-28(22)18-7-3-2-4-8-18/h2-4,7-10,12-13,15H,5-6,11,14H2,1H3. The van der Waals surface area contributed by atoms with Crippen molar-refractivity contribution in [1.29, 1.82) is 0 Å². The van der Waals surface area contributed by atoms with Crippen LogP contribution < -0.4 is 9.86 Å². The summed E-state index contributed by atoms with van der Waals surface area (Å²) in [7, 11) is -3.38. The van der Waals surface area contributed by atoms with Gasteiger partial charge in [-0.3, -0.25) is 18.5 Å². The summed E-state index contributed by atoms with van der Waals surface area (Å²) in [5.74, 6) is -0.256. The van der Waals surface area contributed by atoms with E-state index in [-0.39, 0.29) is 17.9 Å². The zero-order valence-corrected chi connectivity index (χ0v) is 18.7. The molecule has 5 rings (SSSR count). The van der Waals surface area contributed by atoms with Gasteiger partial charge in [0.25, 0.3) is 5.56 Å². The van der Waals surface area contributed by atoms with Crippen LogP contribution in [0.4, 0.5) is 5.69 Å². The second kappa shape index (κ2) is 7.96. The van der Waals surface area contributed by atoms with Crippen LogP contribution >= 0.6 is 0 Å². The summed E-state index contributed by atoms with van der Waals surface area (Å²) in [5.41, 5.74) is 2.69. The molecule has 1 aliphatic heterocycles. The smallest absolute Gasteiger partial charge is 0.264 e. The highest BCUT2D eigenvalue weighted by Gasteiger charge is 2.25. The Morgan fingerprint density at radius 1 is 1.12 bits per heavy atom. The molecule has 0 fully saturated rings. The molecule has 0 aliphatic carbocycles. The van der Waals surface area contributed by atoms with Crippen LogP contribution in [0.2, 0.25) is 0 Å². The summed E-state index contributed by atoms with van der Waals surface area (Å²) >= 11 is 0. The summed E-state index contributed by atoms with van der Waals surface area (Å²) in [6.07, 6.45) is 5.36. The predicted molar refractivity (Wildman–Crippen MR) is 124 cm³/mol. The Hall–Kier alpha value is -3.79. The SMILES string of the molecule is CS(=O)(=O)N1CCCc2cc(C(=O)Cn3cnc4c(cnn4-c4ccccc4)c3=O)ccc21. The Labute approximate surface area is 190 Å². The van der Waals surface area contributed by atoms with E-state index in [9.17, 15) is 18.0 Å². The maximum absolute atomic E-state index is 13.0. The number of para-hydroxylation sites is 1. The number of aryl methyl sites for hydroxylation is 1. The Bertz CT molecular complexity index is 1540. The highest BCUT2D eigenvalue weighted by atomic mass is 32.2. The van der Waals surface area contributed by atoms with Gasteiger partial charge in [0.1, 0.15) is 11.7 Å². The van der Waals surface area contributed by atoms with Crippen LogP contribution in [0.25, 0.3) is 16.7 Å². The van der Waals surface area contributed by atoms with Gasteiger partial charge in [0.05, 0.1) is 30.4 Å². The number of hydrogen-bond donors (Lipinski definition) is 0. The number of hydrogen-bond acceptors (Lipinski definition) is 6. The molecule has 2 aromatic carbocycles. The minimum atomic E-state index is -3.38. The molecular weight excluding hydrogens is 442 g/mol. The summed E-state index contributed by atoms with van der Waals surface area (Å²) in [6, 6.07) is 14.4. The fourth-order valence-electron chi connectivity index (χ4n) is 4.15. The number of fused-ring (bicyclic) bond motifs is 2. The third kappa shape index (κ3) is 3.82. The molecule has 168 valence electrons. The number of benzene rings is 2. The monoisotopic (exact) mass is 463 g/mol. The number of carbonyl (C=O) groups is 1. The molecule has 0 amide bonds. The fraction of sp³-hybridized carbons (Fsp3) is 0.217. The fourth-order valence-corrected chi connectivity index (χ4v) is 5.14. The van der Waals surface area contributed by atoms with Gasteiger partial charge in [-0.05, 0) is 48.7 Å². The van der Waals surface area contributed by atoms with E-state index >= 15 is 0 Å². The van der Waals surface area contributed by atoms with E-state index in [4.69, 9.17) is 0 Å². The number of nitrogens with zero attached hydrogens (tertiary/aromatic N) is 5. The molecule has 10 heteroatoms. The number of carbonyl (C=O) groups excluding carboxylic acids is 1. The lowest BCUT2D eigenvalue weighted by atomic mass is 9.99. The number of aromatic nitrogens is 4. The Kier molecular flexibility index (Phi) is 5.09. The van der Waals surface area contributed by atoms with E-state index in [0.717, 1.165) is 11.3 Å². The summed E-state index contributed by atoms with van der Waals surface area (Å²) in [5, 5.41) is 4.60. The van der Waals surface area contributed by atoms with Gasteiger partial charge in [-0.25, -0.2) is 18.1 Å². The van der Waals surface area contributed by atoms with Crippen LogP contribution in [-0.2, 0) is 23.0 Å². The van der Waals surface area contributed by atoms with Crippen molar-refractivity contribution in [2.24, 2.45) is 0 Å². The van der Waals surface area contributed by atoms with E-state index in [1.54, 1.807) is 22.9 Å². The summed E-state index contributed by atoms with van der Waals surface area (Å²) in [6.45, 7) is 0.254. The lowest BCUT2D eigenvalue weighted by Crippen LogP contribution is -2.34. The van der Waals surface area contributed by atoms with Gasteiger partial charge in [0.15, 0.2) is 11.4 Å². The molecule has 0 atom stereocenters. The molecule has 0 bridgehead atoms. The number of anilines is 1. The van der Waals surface area contributed by atoms with E-state index in [2.05, 4.69) is 10.1 Å². The van der Waals surface area contributed by atoms with Crippen molar-refractivity contribution < 1.29 is 13.2 Å². The van der Waals surface area contributed by atoms with E-state index < -0.39 is 10.0 Å². The van der Waals surface area contributed by atoms with Gasteiger partial charge < -0.3 is 0 Å². The van der Waals surface area contributed by atoms with Crippen molar-refractivity contribution in [3.8, 4) is 5.69 Å². The van der Waals surface area contributed by atoms with Crippen molar-refractivity contribution >= 4 is 32.5 Å². The summed E-state index contributed by atoms with van der Waals surface area (Å²) < 4.78 is 28.3. The van der Waals surface area contributed by atoms with Crippen LogP contribution in [0.1, 0.15) is 22.3 Å². The van der Waals surface area contributed by atoms with Crippen molar-refractivity contribution in [3.63, 3.8) is 0 Å². The topological polar surface area (TPSA) is 107 Å². The van der Waals surface area contributed by atoms with Gasteiger partial charge in [-0.2, -0.15) is 5.10 Å². The molecule has 1 aliphatic rings. The average Bonchev–Trinajstić information content (AvgIpc) is 3.25. The molecule has 0 saturated carbocycles. The van der Waals surface area contributed by atoms with Crippen molar-refractivity contribution in [1.82, 2.24) is 19.3 Å². The van der Waals surface area contributed by atoms with Crippen LogP contribution in [0.3, 0.4) is 0 Å². The highest BCUT2D eigenvalue weighted by molar-refractivity contribution is 7.92. The normalized spacial score (nSPS) is 13.8. The molecule has 0 spiro atoms. The predicted octanol–water partition coefficient (Wildman–Crippen LogP) is 2.18. The second-order valence-electron chi connectivity index (χ2n) is 8.01. The van der Waals surface area contributed by atoms with Crippen LogP contribution in [0, 0.1) is 0 Å². The zero-order chi connectivity index (χ0) is 23.2. The summed E-state index contributed by atoms with van der Waals surface area (Å²) in [4.78, 5) is 30.3. The van der Waals surface area contributed by atoms with Crippen LogP contribution in [0.15, 0.2) is 65.8 Å². The molecular formula is C23H21N5O4S. The molecule has 4 aromatic rings. The largest absolute Gasteiger partial charge is 0.292 e. The van der Waals surface area contributed by atoms with Gasteiger partial charge in [0.2, 0.25) is 10.0 Å².